The van der Waals surface area contributed by atoms with Crippen LogP contribution in [0, 0.1) is 0 Å². The van der Waals surface area contributed by atoms with Gasteiger partial charge in [0.2, 0.25) is 0 Å². The minimum absolute atomic E-state index is 0.182. The molecule has 0 spiro atoms. The van der Waals surface area contributed by atoms with Gasteiger partial charge in [-0.1, -0.05) is 168 Å². The Morgan fingerprint density at radius 1 is 0.476 bits per heavy atom. The quantitative estimate of drug-likeness (QED) is 0.0573. The van der Waals surface area contributed by atoms with Crippen molar-refractivity contribution in [2.45, 2.75) is 199 Å². The zero-order valence-corrected chi connectivity index (χ0v) is 29.9. The van der Waals surface area contributed by atoms with Crippen LogP contribution in [0.4, 0.5) is 0 Å². The molecule has 0 bridgehead atoms. The van der Waals surface area contributed by atoms with Gasteiger partial charge in [0.25, 0.3) is 0 Å². The Balaban J connectivity index is 3.63. The van der Waals surface area contributed by atoms with Gasteiger partial charge in [0.05, 0.1) is 26.7 Å². The average Bonchev–Trinajstić information content (AvgIpc) is 2.93. The number of aliphatic hydroxyl groups is 2. The molecule has 0 heterocycles. The summed E-state index contributed by atoms with van der Waals surface area (Å²) in [6, 6.07) is 0. The van der Waals surface area contributed by atoms with Gasteiger partial charge in [-0.05, 0) is 19.9 Å². The van der Waals surface area contributed by atoms with Crippen LogP contribution in [0.2, 0.25) is 0 Å². The number of quaternary nitrogens is 1. The van der Waals surface area contributed by atoms with E-state index in [1.807, 2.05) is 0 Å². The van der Waals surface area contributed by atoms with Gasteiger partial charge in [0.15, 0.2) is 0 Å². The molecule has 2 atom stereocenters. The van der Waals surface area contributed by atoms with E-state index >= 15 is 0 Å². The van der Waals surface area contributed by atoms with Crippen molar-refractivity contribution in [1.29, 1.82) is 0 Å². The Bertz CT molecular complexity index is 527. The summed E-state index contributed by atoms with van der Waals surface area (Å²) >= 11 is 0. The fraction of sp³-hybridized carbons (Fsp3) is 1.00. The molecular weight excluding hydrogens is 516 g/mol. The SMILES string of the molecule is CCCCCCCCCCCCCCC(O)CN(C)CCC[N+](C)(C)CC(O)CCCCCCCCCCCCCC. The summed E-state index contributed by atoms with van der Waals surface area (Å²) in [7, 11) is 6.66. The van der Waals surface area contributed by atoms with Gasteiger partial charge >= 0.3 is 0 Å². The molecule has 0 saturated heterocycles. The fourth-order valence-corrected chi connectivity index (χ4v) is 6.51. The summed E-state index contributed by atoms with van der Waals surface area (Å²) < 4.78 is 0.884. The van der Waals surface area contributed by atoms with E-state index in [1.165, 1.54) is 141 Å². The first-order chi connectivity index (χ1) is 20.3. The van der Waals surface area contributed by atoms with Gasteiger partial charge < -0.3 is 19.6 Å². The second kappa shape index (κ2) is 30.8. The van der Waals surface area contributed by atoms with Crippen molar-refractivity contribution in [2.75, 3.05) is 47.3 Å². The van der Waals surface area contributed by atoms with E-state index in [0.29, 0.717) is 0 Å². The van der Waals surface area contributed by atoms with Crippen molar-refractivity contribution in [3.05, 3.63) is 0 Å². The normalized spacial score (nSPS) is 13.7. The second-order valence-corrected chi connectivity index (χ2v) is 14.6. The molecule has 0 rings (SSSR count). The van der Waals surface area contributed by atoms with Crippen LogP contribution in [0.25, 0.3) is 0 Å². The van der Waals surface area contributed by atoms with Crippen LogP contribution in [-0.4, -0.2) is 79.1 Å². The maximum absolute atomic E-state index is 10.6. The molecule has 4 nitrogen and oxygen atoms in total. The Morgan fingerprint density at radius 2 is 0.810 bits per heavy atom. The highest BCUT2D eigenvalue weighted by atomic mass is 16.3. The van der Waals surface area contributed by atoms with E-state index in [2.05, 4.69) is 39.9 Å². The first kappa shape index (κ1) is 41.8. The summed E-state index contributed by atoms with van der Waals surface area (Å²) in [6.45, 7) is 8.30. The summed E-state index contributed by atoms with van der Waals surface area (Å²) in [5, 5.41) is 21.1. The molecule has 0 amide bonds. The van der Waals surface area contributed by atoms with Gasteiger partial charge in [-0.2, -0.15) is 0 Å². The van der Waals surface area contributed by atoms with E-state index in [0.717, 1.165) is 62.8 Å². The Kier molecular flexibility index (Phi) is 30.7. The summed E-state index contributed by atoms with van der Waals surface area (Å²) in [5.74, 6) is 0. The van der Waals surface area contributed by atoms with Crippen molar-refractivity contribution >= 4 is 0 Å². The standard InChI is InChI=1S/C38H81N2O2/c1-6-8-10-12-14-16-18-20-22-24-26-28-31-37(41)35-39(3)33-30-34-40(4,5)36-38(42)32-29-27-25-23-21-19-17-15-13-11-9-7-2/h37-38,41-42H,6-36H2,1-5H3/q+1. The van der Waals surface area contributed by atoms with Gasteiger partial charge in [-0.3, -0.25) is 0 Å². The molecule has 0 aliphatic heterocycles. The Labute approximate surface area is 266 Å². The molecule has 0 aromatic heterocycles. The highest BCUT2D eigenvalue weighted by molar-refractivity contribution is 4.63. The first-order valence-electron chi connectivity index (χ1n) is 19.2. The van der Waals surface area contributed by atoms with Crippen LogP contribution in [-0.2, 0) is 0 Å². The number of unbranched alkanes of at least 4 members (excludes halogenated alkanes) is 22. The molecule has 0 aliphatic rings. The van der Waals surface area contributed by atoms with E-state index in [4.69, 9.17) is 0 Å². The maximum atomic E-state index is 10.6. The molecule has 0 aromatic carbocycles. The molecule has 0 aliphatic carbocycles. The van der Waals surface area contributed by atoms with Gasteiger partial charge in [-0.15, -0.1) is 0 Å². The van der Waals surface area contributed by atoms with E-state index in [1.54, 1.807) is 0 Å². The van der Waals surface area contributed by atoms with Crippen LogP contribution in [0.3, 0.4) is 0 Å². The maximum Gasteiger partial charge on any atom is 0.105 e. The molecule has 42 heavy (non-hydrogen) atoms. The van der Waals surface area contributed by atoms with Gasteiger partial charge in [0, 0.05) is 19.5 Å². The van der Waals surface area contributed by atoms with E-state index in [9.17, 15) is 10.2 Å². The van der Waals surface area contributed by atoms with Crippen LogP contribution in [0.15, 0.2) is 0 Å². The molecule has 4 heteroatoms. The molecule has 0 aromatic rings. The number of hydrogen-bond acceptors (Lipinski definition) is 3. The predicted molar refractivity (Wildman–Crippen MR) is 187 cm³/mol. The number of nitrogens with zero attached hydrogens (tertiary/aromatic N) is 2. The molecule has 2 N–H and O–H groups in total. The minimum Gasteiger partial charge on any atom is -0.392 e. The van der Waals surface area contributed by atoms with Crippen molar-refractivity contribution in [3.8, 4) is 0 Å². The number of aliphatic hydroxyl groups excluding tert-OH is 2. The average molecular weight is 598 g/mol. The van der Waals surface area contributed by atoms with Gasteiger partial charge in [0.1, 0.15) is 12.6 Å². The largest absolute Gasteiger partial charge is 0.392 e. The fourth-order valence-electron chi connectivity index (χ4n) is 6.51. The third kappa shape index (κ3) is 31.3. The van der Waals surface area contributed by atoms with E-state index in [-0.39, 0.29) is 12.2 Å². The molecule has 2 unspecified atom stereocenters. The van der Waals surface area contributed by atoms with Crippen molar-refractivity contribution in [1.82, 2.24) is 4.90 Å². The monoisotopic (exact) mass is 598 g/mol. The van der Waals surface area contributed by atoms with Crippen molar-refractivity contribution < 1.29 is 14.7 Å². The van der Waals surface area contributed by atoms with Crippen LogP contribution < -0.4 is 0 Å². The van der Waals surface area contributed by atoms with Crippen molar-refractivity contribution in [3.63, 3.8) is 0 Å². The first-order valence-corrected chi connectivity index (χ1v) is 19.2. The summed E-state index contributed by atoms with van der Waals surface area (Å²) in [5.41, 5.74) is 0. The van der Waals surface area contributed by atoms with Crippen LogP contribution in [0.5, 0.6) is 0 Å². The lowest BCUT2D eigenvalue weighted by molar-refractivity contribution is -0.893. The number of hydrogen-bond donors (Lipinski definition) is 2. The zero-order valence-electron chi connectivity index (χ0n) is 29.9. The Morgan fingerprint density at radius 3 is 1.19 bits per heavy atom. The zero-order chi connectivity index (χ0) is 31.2. The van der Waals surface area contributed by atoms with E-state index < -0.39 is 0 Å². The number of rotatable bonds is 34. The summed E-state index contributed by atoms with van der Waals surface area (Å²) in [4.78, 5) is 2.30. The van der Waals surface area contributed by atoms with Crippen LogP contribution >= 0.6 is 0 Å². The lowest BCUT2D eigenvalue weighted by Gasteiger charge is -2.32. The highest BCUT2D eigenvalue weighted by Crippen LogP contribution is 2.15. The topological polar surface area (TPSA) is 43.7 Å². The van der Waals surface area contributed by atoms with Gasteiger partial charge in [-0.25, -0.2) is 0 Å². The van der Waals surface area contributed by atoms with Crippen molar-refractivity contribution in [2.24, 2.45) is 0 Å². The lowest BCUT2D eigenvalue weighted by atomic mass is 10.0. The third-order valence-corrected chi connectivity index (χ3v) is 9.31. The predicted octanol–water partition coefficient (Wildman–Crippen LogP) is 10.3. The van der Waals surface area contributed by atoms with Crippen LogP contribution in [0.1, 0.15) is 187 Å². The third-order valence-electron chi connectivity index (χ3n) is 9.31. The molecule has 0 radical (unpaired) electrons. The highest BCUT2D eigenvalue weighted by Gasteiger charge is 2.20. The lowest BCUT2D eigenvalue weighted by Crippen LogP contribution is -2.46. The molecule has 254 valence electrons. The number of likely N-dealkylation sites (N-methyl/N-ethyl adjacent to an activating group) is 2. The molecular formula is C38H81N2O2+. The molecule has 0 saturated carbocycles. The second-order valence-electron chi connectivity index (χ2n) is 14.6. The summed E-state index contributed by atoms with van der Waals surface area (Å²) in [6.07, 6.45) is 35.4. The Hall–Kier alpha value is -0.160. The molecule has 0 fully saturated rings. The smallest absolute Gasteiger partial charge is 0.105 e. The minimum atomic E-state index is -0.196.